The molecule has 23 heavy (non-hydrogen) atoms. The van der Waals surface area contributed by atoms with Gasteiger partial charge in [-0.15, -0.1) is 0 Å². The monoisotopic (exact) mass is 311 g/mol. The van der Waals surface area contributed by atoms with Gasteiger partial charge in [0.1, 0.15) is 5.82 Å². The second-order valence-electron chi connectivity index (χ2n) is 4.72. The minimum absolute atomic E-state index is 0.169. The fourth-order valence-corrected chi connectivity index (χ4v) is 2.19. The average molecular weight is 311 g/mol. The Kier molecular flexibility index (Phi) is 3.68. The Morgan fingerprint density at radius 1 is 1.26 bits per heavy atom. The predicted octanol–water partition coefficient (Wildman–Crippen LogP) is 2.19. The molecule has 0 aliphatic rings. The molecular formula is C16H13N3O4. The van der Waals surface area contributed by atoms with Crippen LogP contribution in [-0.4, -0.2) is 33.6 Å². The number of rotatable bonds is 4. The molecule has 0 aliphatic carbocycles. The maximum atomic E-state index is 11.6. The Morgan fingerprint density at radius 2 is 2.09 bits per heavy atom. The van der Waals surface area contributed by atoms with Gasteiger partial charge in [-0.25, -0.2) is 9.78 Å². The van der Waals surface area contributed by atoms with Gasteiger partial charge < -0.3 is 14.8 Å². The zero-order valence-corrected chi connectivity index (χ0v) is 12.2. The summed E-state index contributed by atoms with van der Waals surface area (Å²) in [6.07, 6.45) is 3.25. The topological polar surface area (TPSA) is 97.4 Å². The minimum Gasteiger partial charge on any atom is -0.478 e. The summed E-state index contributed by atoms with van der Waals surface area (Å²) >= 11 is 0. The van der Waals surface area contributed by atoms with E-state index in [1.54, 1.807) is 41.2 Å². The molecule has 116 valence electrons. The number of aromatic nitrogens is 2. The van der Waals surface area contributed by atoms with Gasteiger partial charge in [0, 0.05) is 31.1 Å². The van der Waals surface area contributed by atoms with Crippen molar-refractivity contribution in [2.75, 3.05) is 7.05 Å². The SMILES string of the molecule is CNC(=O)c1ccc(-n2ccnc2-c2cccc(C(=O)O)c2)o1. The normalized spacial score (nSPS) is 10.5. The third-order valence-corrected chi connectivity index (χ3v) is 3.29. The van der Waals surface area contributed by atoms with Crippen molar-refractivity contribution in [3.05, 3.63) is 60.1 Å². The van der Waals surface area contributed by atoms with Gasteiger partial charge in [0.2, 0.25) is 5.88 Å². The molecular weight excluding hydrogens is 298 g/mol. The fraction of sp³-hybridized carbons (Fsp3) is 0.0625. The first-order valence-electron chi connectivity index (χ1n) is 6.79. The summed E-state index contributed by atoms with van der Waals surface area (Å²) in [6.45, 7) is 0. The summed E-state index contributed by atoms with van der Waals surface area (Å²) in [4.78, 5) is 26.9. The molecule has 0 saturated carbocycles. The van der Waals surface area contributed by atoms with Crippen LogP contribution in [0.15, 0.2) is 53.2 Å². The van der Waals surface area contributed by atoms with Crippen molar-refractivity contribution in [3.8, 4) is 17.3 Å². The van der Waals surface area contributed by atoms with Gasteiger partial charge in [0.15, 0.2) is 5.76 Å². The number of imidazole rings is 1. The average Bonchev–Trinajstić information content (AvgIpc) is 3.22. The van der Waals surface area contributed by atoms with Crippen molar-refractivity contribution in [1.82, 2.24) is 14.9 Å². The van der Waals surface area contributed by atoms with E-state index in [4.69, 9.17) is 9.52 Å². The van der Waals surface area contributed by atoms with E-state index in [0.717, 1.165) is 0 Å². The van der Waals surface area contributed by atoms with Crippen LogP contribution in [0.4, 0.5) is 0 Å². The Balaban J connectivity index is 2.03. The Hall–Kier alpha value is -3.35. The summed E-state index contributed by atoms with van der Waals surface area (Å²) in [5.74, 6) is -0.222. The second-order valence-corrected chi connectivity index (χ2v) is 4.72. The van der Waals surface area contributed by atoms with Crippen LogP contribution in [0.5, 0.6) is 0 Å². The van der Waals surface area contributed by atoms with Gasteiger partial charge in [-0.1, -0.05) is 12.1 Å². The lowest BCUT2D eigenvalue weighted by Gasteiger charge is -2.05. The highest BCUT2D eigenvalue weighted by molar-refractivity contribution is 5.91. The quantitative estimate of drug-likeness (QED) is 0.769. The number of furan rings is 1. The van der Waals surface area contributed by atoms with Crippen LogP contribution in [0.1, 0.15) is 20.9 Å². The molecule has 0 aliphatic heterocycles. The fourth-order valence-electron chi connectivity index (χ4n) is 2.19. The number of nitrogens with one attached hydrogen (secondary N) is 1. The van der Waals surface area contributed by atoms with Crippen molar-refractivity contribution >= 4 is 11.9 Å². The smallest absolute Gasteiger partial charge is 0.335 e. The molecule has 2 aromatic heterocycles. The molecule has 2 heterocycles. The van der Waals surface area contributed by atoms with E-state index in [1.165, 1.54) is 19.2 Å². The van der Waals surface area contributed by atoms with E-state index >= 15 is 0 Å². The van der Waals surface area contributed by atoms with E-state index in [-0.39, 0.29) is 17.2 Å². The van der Waals surface area contributed by atoms with Crippen LogP contribution < -0.4 is 5.32 Å². The minimum atomic E-state index is -1.01. The maximum Gasteiger partial charge on any atom is 0.335 e. The number of hydrogen-bond acceptors (Lipinski definition) is 4. The summed E-state index contributed by atoms with van der Waals surface area (Å²) in [5, 5.41) is 11.6. The molecule has 0 spiro atoms. The van der Waals surface area contributed by atoms with Crippen molar-refractivity contribution < 1.29 is 19.1 Å². The summed E-state index contributed by atoms with van der Waals surface area (Å²) in [6, 6.07) is 9.66. The lowest BCUT2D eigenvalue weighted by atomic mass is 10.1. The van der Waals surface area contributed by atoms with E-state index in [9.17, 15) is 9.59 Å². The van der Waals surface area contributed by atoms with E-state index < -0.39 is 5.97 Å². The molecule has 0 bridgehead atoms. The van der Waals surface area contributed by atoms with Gasteiger partial charge in [-0.3, -0.25) is 9.36 Å². The molecule has 2 N–H and O–H groups in total. The standard InChI is InChI=1S/C16H13N3O4/c1-17-15(20)12-5-6-13(23-12)19-8-7-18-14(19)10-3-2-4-11(9-10)16(21)22/h2-9H,1H3,(H,17,20)(H,21,22). The number of benzene rings is 1. The number of carboxylic acids is 1. The number of hydrogen-bond donors (Lipinski definition) is 2. The summed E-state index contributed by atoms with van der Waals surface area (Å²) in [5.41, 5.74) is 0.801. The number of carbonyl (C=O) groups is 2. The lowest BCUT2D eigenvalue weighted by molar-refractivity contribution is 0.0696. The van der Waals surface area contributed by atoms with Crippen molar-refractivity contribution in [3.63, 3.8) is 0 Å². The molecule has 1 aromatic carbocycles. The number of amides is 1. The van der Waals surface area contributed by atoms with Crippen molar-refractivity contribution in [2.24, 2.45) is 0 Å². The Labute approximate surface area is 131 Å². The van der Waals surface area contributed by atoms with Gasteiger partial charge >= 0.3 is 5.97 Å². The molecule has 0 atom stereocenters. The van der Waals surface area contributed by atoms with Crippen LogP contribution in [0.3, 0.4) is 0 Å². The molecule has 1 amide bonds. The number of carbonyl (C=O) groups excluding carboxylic acids is 1. The third-order valence-electron chi connectivity index (χ3n) is 3.29. The summed E-state index contributed by atoms with van der Waals surface area (Å²) in [7, 11) is 1.52. The molecule has 7 nitrogen and oxygen atoms in total. The highest BCUT2D eigenvalue weighted by Gasteiger charge is 2.15. The van der Waals surface area contributed by atoms with Crippen LogP contribution in [0, 0.1) is 0 Å². The third kappa shape index (κ3) is 2.71. The van der Waals surface area contributed by atoms with Gasteiger partial charge in [0.25, 0.3) is 5.91 Å². The van der Waals surface area contributed by atoms with E-state index in [1.807, 2.05) is 0 Å². The number of aromatic carboxylic acids is 1. The zero-order chi connectivity index (χ0) is 16.4. The lowest BCUT2D eigenvalue weighted by Crippen LogP contribution is -2.16. The van der Waals surface area contributed by atoms with Crippen LogP contribution in [0.2, 0.25) is 0 Å². The number of carboxylic acid groups (broad SMARTS) is 1. The van der Waals surface area contributed by atoms with E-state index in [0.29, 0.717) is 17.3 Å². The molecule has 0 radical (unpaired) electrons. The summed E-state index contributed by atoms with van der Waals surface area (Å²) < 4.78 is 7.16. The van der Waals surface area contributed by atoms with Crippen LogP contribution in [-0.2, 0) is 0 Å². The van der Waals surface area contributed by atoms with Crippen LogP contribution in [0.25, 0.3) is 17.3 Å². The van der Waals surface area contributed by atoms with E-state index in [2.05, 4.69) is 10.3 Å². The first kappa shape index (κ1) is 14.6. The molecule has 3 rings (SSSR count). The highest BCUT2D eigenvalue weighted by atomic mass is 16.4. The maximum absolute atomic E-state index is 11.6. The van der Waals surface area contributed by atoms with Crippen LogP contribution >= 0.6 is 0 Å². The Morgan fingerprint density at radius 3 is 2.83 bits per heavy atom. The molecule has 0 saturated heterocycles. The molecule has 3 aromatic rings. The van der Waals surface area contributed by atoms with Crippen molar-refractivity contribution in [2.45, 2.75) is 0 Å². The van der Waals surface area contributed by atoms with Gasteiger partial charge in [-0.05, 0) is 18.2 Å². The number of nitrogens with zero attached hydrogens (tertiary/aromatic N) is 2. The first-order chi connectivity index (χ1) is 11.1. The zero-order valence-electron chi connectivity index (χ0n) is 12.2. The second kappa shape index (κ2) is 5.80. The Bertz CT molecular complexity index is 879. The first-order valence-corrected chi connectivity index (χ1v) is 6.79. The van der Waals surface area contributed by atoms with Crippen molar-refractivity contribution in [1.29, 1.82) is 0 Å². The van der Waals surface area contributed by atoms with Gasteiger partial charge in [0.05, 0.1) is 5.56 Å². The van der Waals surface area contributed by atoms with Gasteiger partial charge in [-0.2, -0.15) is 0 Å². The predicted molar refractivity (Wildman–Crippen MR) is 81.6 cm³/mol. The largest absolute Gasteiger partial charge is 0.478 e. The molecule has 7 heteroatoms. The molecule has 0 unspecified atom stereocenters. The highest BCUT2D eigenvalue weighted by Crippen LogP contribution is 2.23. The molecule has 0 fully saturated rings.